The molecule has 5 nitrogen and oxygen atoms in total. The van der Waals surface area contributed by atoms with Gasteiger partial charge in [0, 0.05) is 45.9 Å². The first-order chi connectivity index (χ1) is 36.0. The van der Waals surface area contributed by atoms with E-state index in [1.165, 1.54) is 72.4 Å². The van der Waals surface area contributed by atoms with Crippen molar-refractivity contribution in [3.63, 3.8) is 0 Å². The normalized spacial score (nSPS) is 13.7. The molecule has 0 bridgehead atoms. The van der Waals surface area contributed by atoms with Crippen LogP contribution in [0.2, 0.25) is 0 Å². The summed E-state index contributed by atoms with van der Waals surface area (Å²) < 4.78 is 9.22. The standard InChI is InChI=1S/C72H82N4O/c1-67(2,3)46-30-34-59(71(13,14)15)55(38-46)57-40-49(70(10,11)12)41-58(56-39-47(68(4,5)6)31-35-60(56)72(16,17)18)66(57)75-45-74(62-28-21-22-29-63(62)75)50-24-23-25-51(43-50)77-52-32-33-54-53-26-19-20-27-61(53)76(64(54)44-52)65-42-48(36-37-73-65)69(7,8)9/h19-44H,45H2,1-18H3. The summed E-state index contributed by atoms with van der Waals surface area (Å²) >= 11 is 0. The zero-order valence-corrected chi connectivity index (χ0v) is 49.4. The van der Waals surface area contributed by atoms with Crippen molar-refractivity contribution < 1.29 is 4.74 Å². The maximum atomic E-state index is 6.94. The third-order valence-electron chi connectivity index (χ3n) is 15.8. The second-order valence-electron chi connectivity index (χ2n) is 28.0. The molecule has 0 fully saturated rings. The number of hydrogen-bond acceptors (Lipinski definition) is 4. The molecule has 9 aromatic rings. The summed E-state index contributed by atoms with van der Waals surface area (Å²) in [6.07, 6.45) is 1.93. The SMILES string of the molecule is CC(C)(C)c1ccnc(-n2c3ccccc3c3ccc(Oc4cccc(N5CN(c6c(-c7cc(C(C)(C)C)ccc7C(C)(C)C)cc(C(C)(C)C)cc6-c6cc(C(C)(C)C)ccc6C(C)(C)C)c6ccccc65)c4)cc32)c1. The van der Waals surface area contributed by atoms with Crippen molar-refractivity contribution in [3.8, 4) is 39.6 Å². The topological polar surface area (TPSA) is 33.5 Å². The number of pyridine rings is 1. The molecule has 396 valence electrons. The Morgan fingerprint density at radius 1 is 0.377 bits per heavy atom. The third-order valence-corrected chi connectivity index (χ3v) is 15.8. The smallest absolute Gasteiger partial charge is 0.137 e. The van der Waals surface area contributed by atoms with E-state index in [-0.39, 0.29) is 32.5 Å². The summed E-state index contributed by atoms with van der Waals surface area (Å²) in [6.45, 7) is 42.7. The number of para-hydroxylation sites is 3. The van der Waals surface area contributed by atoms with Crippen LogP contribution in [0, 0.1) is 0 Å². The van der Waals surface area contributed by atoms with Crippen LogP contribution in [0.5, 0.6) is 11.5 Å². The van der Waals surface area contributed by atoms with Crippen LogP contribution in [0.1, 0.15) is 158 Å². The van der Waals surface area contributed by atoms with E-state index in [1.807, 2.05) is 6.20 Å². The highest BCUT2D eigenvalue weighted by Gasteiger charge is 2.36. The first kappa shape index (κ1) is 53.3. The summed E-state index contributed by atoms with van der Waals surface area (Å²) in [7, 11) is 0. The number of aromatic nitrogens is 2. The molecule has 2 aromatic heterocycles. The molecule has 7 aromatic carbocycles. The predicted molar refractivity (Wildman–Crippen MR) is 330 cm³/mol. The predicted octanol–water partition coefficient (Wildman–Crippen LogP) is 20.3. The molecule has 0 radical (unpaired) electrons. The second-order valence-corrected chi connectivity index (χ2v) is 28.0. The minimum atomic E-state index is -0.139. The van der Waals surface area contributed by atoms with Gasteiger partial charge in [-0.3, -0.25) is 4.57 Å². The van der Waals surface area contributed by atoms with Crippen molar-refractivity contribution in [1.29, 1.82) is 0 Å². The van der Waals surface area contributed by atoms with Gasteiger partial charge in [0.2, 0.25) is 0 Å². The average Bonchev–Trinajstić information content (AvgIpc) is 3.98. The van der Waals surface area contributed by atoms with Crippen LogP contribution < -0.4 is 14.5 Å². The molecule has 77 heavy (non-hydrogen) atoms. The van der Waals surface area contributed by atoms with E-state index in [0.29, 0.717) is 6.67 Å². The Kier molecular flexibility index (Phi) is 13.0. The number of anilines is 4. The zero-order valence-electron chi connectivity index (χ0n) is 49.4. The molecule has 0 saturated carbocycles. The summed E-state index contributed by atoms with van der Waals surface area (Å²) in [5.74, 6) is 2.43. The van der Waals surface area contributed by atoms with E-state index >= 15 is 0 Å². The lowest BCUT2D eigenvalue weighted by molar-refractivity contribution is 0.483. The van der Waals surface area contributed by atoms with E-state index < -0.39 is 0 Å². The first-order valence-electron chi connectivity index (χ1n) is 27.9. The molecule has 0 N–H and O–H groups in total. The number of rotatable bonds is 7. The minimum absolute atomic E-state index is 0.0221. The molecule has 1 aliphatic heterocycles. The van der Waals surface area contributed by atoms with Crippen molar-refractivity contribution in [2.75, 3.05) is 16.5 Å². The number of fused-ring (bicyclic) bond motifs is 4. The Bertz CT molecular complexity index is 3620. The van der Waals surface area contributed by atoms with Gasteiger partial charge in [0.05, 0.1) is 28.1 Å². The molecule has 0 aliphatic carbocycles. The number of hydrogen-bond donors (Lipinski definition) is 0. The summed E-state index contributed by atoms with van der Waals surface area (Å²) in [5, 5.41) is 2.34. The largest absolute Gasteiger partial charge is 0.457 e. The second kappa shape index (κ2) is 18.8. The molecule has 5 heteroatoms. The van der Waals surface area contributed by atoms with Gasteiger partial charge in [0.25, 0.3) is 0 Å². The van der Waals surface area contributed by atoms with Crippen LogP contribution in [0.3, 0.4) is 0 Å². The van der Waals surface area contributed by atoms with Gasteiger partial charge in [0.15, 0.2) is 0 Å². The highest BCUT2D eigenvalue weighted by Crippen LogP contribution is 2.54. The zero-order chi connectivity index (χ0) is 55.4. The fourth-order valence-corrected chi connectivity index (χ4v) is 11.3. The van der Waals surface area contributed by atoms with Gasteiger partial charge < -0.3 is 14.5 Å². The van der Waals surface area contributed by atoms with Crippen LogP contribution in [0.25, 0.3) is 49.9 Å². The molecule has 3 heterocycles. The van der Waals surface area contributed by atoms with E-state index in [9.17, 15) is 0 Å². The molecule has 0 unspecified atom stereocenters. The van der Waals surface area contributed by atoms with E-state index in [0.717, 1.165) is 45.1 Å². The number of nitrogens with zero attached hydrogens (tertiary/aromatic N) is 4. The van der Waals surface area contributed by atoms with Crippen molar-refractivity contribution in [3.05, 3.63) is 191 Å². The summed E-state index contributed by atoms with van der Waals surface area (Å²) in [5.41, 5.74) is 19.2. The molecular weight excluding hydrogens is 937 g/mol. The van der Waals surface area contributed by atoms with E-state index in [4.69, 9.17) is 9.72 Å². The highest BCUT2D eigenvalue weighted by atomic mass is 16.5. The van der Waals surface area contributed by atoms with Crippen LogP contribution in [0.4, 0.5) is 22.7 Å². The fraction of sp³-hybridized carbons (Fsp3) is 0.347. The monoisotopic (exact) mass is 1020 g/mol. The van der Waals surface area contributed by atoms with Gasteiger partial charge in [-0.05, 0) is 144 Å². The lowest BCUT2D eigenvalue weighted by atomic mass is 9.74. The maximum absolute atomic E-state index is 6.94. The number of ether oxygens (including phenoxy) is 1. The molecule has 0 spiro atoms. The summed E-state index contributed by atoms with van der Waals surface area (Å²) in [4.78, 5) is 10.0. The lowest BCUT2D eigenvalue weighted by Crippen LogP contribution is -2.26. The highest BCUT2D eigenvalue weighted by molar-refractivity contribution is 6.09. The number of benzene rings is 7. The van der Waals surface area contributed by atoms with Crippen LogP contribution in [-0.2, 0) is 32.5 Å². The molecule has 10 rings (SSSR count). The van der Waals surface area contributed by atoms with E-state index in [2.05, 4.69) is 291 Å². The molecular formula is C72H82N4O. The van der Waals surface area contributed by atoms with Gasteiger partial charge in [-0.25, -0.2) is 4.98 Å². The first-order valence-corrected chi connectivity index (χ1v) is 27.9. The van der Waals surface area contributed by atoms with E-state index in [1.54, 1.807) is 0 Å². The fourth-order valence-electron chi connectivity index (χ4n) is 11.3. The van der Waals surface area contributed by atoms with Gasteiger partial charge in [-0.15, -0.1) is 0 Å². The van der Waals surface area contributed by atoms with Gasteiger partial charge in [-0.2, -0.15) is 0 Å². The van der Waals surface area contributed by atoms with Crippen molar-refractivity contribution >= 4 is 44.6 Å². The molecule has 0 amide bonds. The van der Waals surface area contributed by atoms with Crippen LogP contribution >= 0.6 is 0 Å². The Balaban J connectivity index is 1.16. The minimum Gasteiger partial charge on any atom is -0.457 e. The van der Waals surface area contributed by atoms with Crippen molar-refractivity contribution in [2.24, 2.45) is 0 Å². The van der Waals surface area contributed by atoms with Crippen LogP contribution in [0.15, 0.2) is 158 Å². The Labute approximate surface area is 461 Å². The quantitative estimate of drug-likeness (QED) is 0.159. The lowest BCUT2D eigenvalue weighted by Gasteiger charge is -2.34. The molecule has 1 aliphatic rings. The summed E-state index contributed by atoms with van der Waals surface area (Å²) in [6, 6.07) is 56.7. The average molecular weight is 1020 g/mol. The maximum Gasteiger partial charge on any atom is 0.137 e. The third kappa shape index (κ3) is 10.2. The Hall–Kier alpha value is -7.11. The van der Waals surface area contributed by atoms with Crippen LogP contribution in [-0.4, -0.2) is 16.2 Å². The van der Waals surface area contributed by atoms with Gasteiger partial charge in [-0.1, -0.05) is 197 Å². The van der Waals surface area contributed by atoms with Gasteiger partial charge in [0.1, 0.15) is 24.0 Å². The Morgan fingerprint density at radius 3 is 1.43 bits per heavy atom. The molecule has 0 saturated heterocycles. The van der Waals surface area contributed by atoms with Gasteiger partial charge >= 0.3 is 0 Å². The Morgan fingerprint density at radius 2 is 0.870 bits per heavy atom. The van der Waals surface area contributed by atoms with Crippen molar-refractivity contribution in [2.45, 2.75) is 157 Å². The van der Waals surface area contributed by atoms with Crippen molar-refractivity contribution in [1.82, 2.24) is 9.55 Å². The molecule has 0 atom stereocenters.